The number of aromatic amines is 1. The molecule has 0 atom stereocenters. The molecule has 10 heteroatoms. The molecule has 3 heterocycles. The molecule has 1 amide bonds. The summed E-state index contributed by atoms with van der Waals surface area (Å²) in [5.74, 6) is -0.176. The molecule has 0 saturated carbocycles. The van der Waals surface area contributed by atoms with E-state index in [2.05, 4.69) is 20.3 Å². The van der Waals surface area contributed by atoms with Crippen LogP contribution in [0.1, 0.15) is 15.9 Å². The zero-order valence-electron chi connectivity index (χ0n) is 17.0. The monoisotopic (exact) mass is 449 g/mol. The molecule has 0 aliphatic carbocycles. The summed E-state index contributed by atoms with van der Waals surface area (Å²) in [6.07, 6.45) is 5.44. The highest BCUT2D eigenvalue weighted by molar-refractivity contribution is 7.90. The number of nitrogens with zero attached hydrogens (tertiary/aromatic N) is 2. The lowest BCUT2D eigenvalue weighted by molar-refractivity contribution is 0.100. The minimum atomic E-state index is -3.44. The van der Waals surface area contributed by atoms with Gasteiger partial charge in [0.05, 0.1) is 16.0 Å². The van der Waals surface area contributed by atoms with Gasteiger partial charge in [0.15, 0.2) is 9.84 Å². The van der Waals surface area contributed by atoms with Crippen LogP contribution in [0.25, 0.3) is 22.0 Å². The zero-order chi connectivity index (χ0) is 22.9. The molecule has 4 rings (SSSR count). The highest BCUT2D eigenvalue weighted by Crippen LogP contribution is 2.27. The van der Waals surface area contributed by atoms with Crippen molar-refractivity contribution in [2.75, 3.05) is 11.6 Å². The first-order valence-electron chi connectivity index (χ1n) is 9.53. The molecular formula is C22H19N5O4S. The molecule has 3 aromatic heterocycles. The van der Waals surface area contributed by atoms with Crippen molar-refractivity contribution in [3.8, 4) is 11.3 Å². The minimum absolute atomic E-state index is 0.0758. The molecule has 0 bridgehead atoms. The number of pyridine rings is 3. The first-order chi connectivity index (χ1) is 15.2. The van der Waals surface area contributed by atoms with Crippen LogP contribution in [0.15, 0.2) is 70.7 Å². The largest absolute Gasteiger partial charge is 0.366 e. The number of amides is 1. The Morgan fingerprint density at radius 3 is 2.56 bits per heavy atom. The number of hydrogen-bond acceptors (Lipinski definition) is 7. The zero-order valence-corrected chi connectivity index (χ0v) is 17.8. The van der Waals surface area contributed by atoms with Crippen LogP contribution in [0, 0.1) is 0 Å². The molecule has 162 valence electrons. The number of aromatic nitrogens is 3. The van der Waals surface area contributed by atoms with Crippen LogP contribution in [-0.2, 0) is 16.4 Å². The third-order valence-electron chi connectivity index (χ3n) is 4.89. The molecule has 0 spiro atoms. The number of primary amides is 1. The van der Waals surface area contributed by atoms with E-state index in [1.165, 1.54) is 24.7 Å². The fourth-order valence-corrected chi connectivity index (χ4v) is 3.82. The molecule has 4 N–H and O–H groups in total. The Morgan fingerprint density at radius 1 is 1.12 bits per heavy atom. The van der Waals surface area contributed by atoms with Gasteiger partial charge in [0, 0.05) is 42.5 Å². The first kappa shape index (κ1) is 21.2. The number of anilines is 1. The second kappa shape index (κ2) is 8.23. The molecule has 0 saturated heterocycles. The lowest BCUT2D eigenvalue weighted by Gasteiger charge is -2.12. The van der Waals surface area contributed by atoms with Crippen LogP contribution in [0.5, 0.6) is 0 Å². The third-order valence-corrected chi connectivity index (χ3v) is 5.97. The number of fused-ring (bicyclic) bond motifs is 1. The highest BCUT2D eigenvalue weighted by atomic mass is 32.2. The van der Waals surface area contributed by atoms with E-state index in [0.29, 0.717) is 40.0 Å². The average Bonchev–Trinajstić information content (AvgIpc) is 2.77. The first-order valence-corrected chi connectivity index (χ1v) is 11.4. The van der Waals surface area contributed by atoms with Gasteiger partial charge in [-0.3, -0.25) is 14.6 Å². The van der Waals surface area contributed by atoms with Crippen molar-refractivity contribution in [3.63, 3.8) is 0 Å². The Kier molecular flexibility index (Phi) is 5.45. The summed E-state index contributed by atoms with van der Waals surface area (Å²) in [5.41, 5.74) is 7.18. The Labute approximate surface area is 183 Å². The maximum atomic E-state index is 12.5. The van der Waals surface area contributed by atoms with Crippen molar-refractivity contribution < 1.29 is 13.2 Å². The maximum absolute atomic E-state index is 12.5. The predicted octanol–water partition coefficient (Wildman–Crippen LogP) is 2.10. The number of nitrogens with two attached hydrogens (primary N) is 1. The van der Waals surface area contributed by atoms with Crippen molar-refractivity contribution in [1.82, 2.24) is 15.0 Å². The van der Waals surface area contributed by atoms with Gasteiger partial charge in [-0.15, -0.1) is 0 Å². The van der Waals surface area contributed by atoms with Crippen molar-refractivity contribution in [1.29, 1.82) is 0 Å². The highest BCUT2D eigenvalue weighted by Gasteiger charge is 2.14. The van der Waals surface area contributed by atoms with E-state index in [0.717, 1.165) is 11.8 Å². The van der Waals surface area contributed by atoms with Crippen LogP contribution in [0.4, 0.5) is 5.82 Å². The van der Waals surface area contributed by atoms with Gasteiger partial charge in [-0.1, -0.05) is 12.1 Å². The third kappa shape index (κ3) is 4.35. The lowest BCUT2D eigenvalue weighted by Crippen LogP contribution is -2.12. The summed E-state index contributed by atoms with van der Waals surface area (Å²) in [4.78, 5) is 35.1. The lowest BCUT2D eigenvalue weighted by atomic mass is 10.1. The molecule has 0 unspecified atom stereocenters. The van der Waals surface area contributed by atoms with Gasteiger partial charge in [-0.05, 0) is 41.3 Å². The molecule has 0 aliphatic heterocycles. The standard InChI is InChI=1S/C22H19N5O4S/c1-32(30,31)17-8-16(11-24-12-17)18-9-15-6-7-25-22(29)19(15)21(27-18)26-10-13-2-4-14(5-3-13)20(23)28/h2-9,11-12H,10H2,1H3,(H2,23,28)(H,25,29)(H,26,27). The Bertz CT molecular complexity index is 1500. The van der Waals surface area contributed by atoms with E-state index in [-0.39, 0.29) is 10.5 Å². The van der Waals surface area contributed by atoms with E-state index in [1.54, 1.807) is 36.4 Å². The van der Waals surface area contributed by atoms with E-state index >= 15 is 0 Å². The number of carbonyl (C=O) groups excluding carboxylic acids is 1. The second-order valence-electron chi connectivity index (χ2n) is 7.22. The molecular weight excluding hydrogens is 430 g/mol. The van der Waals surface area contributed by atoms with Crippen LogP contribution in [0.2, 0.25) is 0 Å². The van der Waals surface area contributed by atoms with Gasteiger partial charge in [0.2, 0.25) is 5.91 Å². The molecule has 0 fully saturated rings. The van der Waals surface area contributed by atoms with Gasteiger partial charge in [0.1, 0.15) is 5.82 Å². The van der Waals surface area contributed by atoms with E-state index in [9.17, 15) is 18.0 Å². The topological polar surface area (TPSA) is 148 Å². The van der Waals surface area contributed by atoms with Crippen LogP contribution in [-0.4, -0.2) is 35.5 Å². The quantitative estimate of drug-likeness (QED) is 0.408. The van der Waals surface area contributed by atoms with Gasteiger partial charge in [-0.2, -0.15) is 0 Å². The van der Waals surface area contributed by atoms with Crippen LogP contribution < -0.4 is 16.6 Å². The van der Waals surface area contributed by atoms with Gasteiger partial charge in [-0.25, -0.2) is 13.4 Å². The smallest absolute Gasteiger partial charge is 0.259 e. The average molecular weight is 449 g/mol. The number of nitrogens with one attached hydrogen (secondary N) is 2. The van der Waals surface area contributed by atoms with Gasteiger partial charge in [0.25, 0.3) is 5.56 Å². The van der Waals surface area contributed by atoms with Crippen molar-refractivity contribution in [3.05, 3.63) is 82.5 Å². The second-order valence-corrected chi connectivity index (χ2v) is 9.24. The molecule has 4 aromatic rings. The molecule has 0 aliphatic rings. The molecule has 9 nitrogen and oxygen atoms in total. The molecule has 32 heavy (non-hydrogen) atoms. The summed E-state index contributed by atoms with van der Waals surface area (Å²) in [6.45, 7) is 0.334. The summed E-state index contributed by atoms with van der Waals surface area (Å²) < 4.78 is 23.8. The number of hydrogen-bond donors (Lipinski definition) is 3. The Balaban J connectivity index is 1.76. The number of benzene rings is 1. The summed E-state index contributed by atoms with van der Waals surface area (Å²) >= 11 is 0. The Morgan fingerprint density at radius 2 is 1.88 bits per heavy atom. The fraction of sp³-hybridized carbons (Fsp3) is 0.0909. The molecule has 0 radical (unpaired) electrons. The van der Waals surface area contributed by atoms with Crippen molar-refractivity contribution in [2.24, 2.45) is 5.73 Å². The summed E-state index contributed by atoms with van der Waals surface area (Å²) in [5, 5.41) is 4.17. The van der Waals surface area contributed by atoms with E-state index in [4.69, 9.17) is 5.73 Å². The van der Waals surface area contributed by atoms with Gasteiger partial charge < -0.3 is 16.0 Å². The Hall–Kier alpha value is -4.05. The fourth-order valence-electron chi connectivity index (χ4n) is 3.22. The molecule has 1 aromatic carbocycles. The number of H-pyrrole nitrogens is 1. The summed E-state index contributed by atoms with van der Waals surface area (Å²) in [6, 6.07) is 11.7. The van der Waals surface area contributed by atoms with Crippen LogP contribution >= 0.6 is 0 Å². The SMILES string of the molecule is CS(=O)(=O)c1cncc(-c2cc3cc[nH]c(=O)c3c(NCc3ccc(C(N)=O)cc3)n2)c1. The van der Waals surface area contributed by atoms with Crippen LogP contribution in [0.3, 0.4) is 0 Å². The van der Waals surface area contributed by atoms with E-state index in [1.807, 2.05) is 0 Å². The van der Waals surface area contributed by atoms with E-state index < -0.39 is 15.7 Å². The summed E-state index contributed by atoms with van der Waals surface area (Å²) in [7, 11) is -3.44. The number of carbonyl (C=O) groups is 1. The normalized spacial score (nSPS) is 11.4. The predicted molar refractivity (Wildman–Crippen MR) is 121 cm³/mol. The van der Waals surface area contributed by atoms with Crippen molar-refractivity contribution in [2.45, 2.75) is 11.4 Å². The minimum Gasteiger partial charge on any atom is -0.366 e. The van der Waals surface area contributed by atoms with Crippen molar-refractivity contribution >= 4 is 32.3 Å². The van der Waals surface area contributed by atoms with Gasteiger partial charge >= 0.3 is 0 Å². The number of rotatable bonds is 6. The maximum Gasteiger partial charge on any atom is 0.259 e. The number of sulfone groups is 1.